The lowest BCUT2D eigenvalue weighted by atomic mass is 10.3. The van der Waals surface area contributed by atoms with Crippen LogP contribution in [-0.4, -0.2) is 11.1 Å². The molecule has 7 heavy (non-hydrogen) atoms. The first kappa shape index (κ1) is 3.24. The van der Waals surface area contributed by atoms with Crippen LogP contribution in [0.4, 0.5) is 0 Å². The van der Waals surface area contributed by atoms with E-state index in [1.54, 1.807) is 0 Å². The van der Waals surface area contributed by atoms with Gasteiger partial charge in [-0.2, -0.15) is 0 Å². The molecule has 1 N–H and O–H groups in total. The van der Waals surface area contributed by atoms with Gasteiger partial charge in [0.25, 0.3) is 0 Å². The van der Waals surface area contributed by atoms with Gasteiger partial charge in [0.05, 0.1) is 0 Å². The summed E-state index contributed by atoms with van der Waals surface area (Å²) in [6.07, 6.45) is -1.06. The van der Waals surface area contributed by atoms with Gasteiger partial charge >= 0.3 is 5.97 Å². The van der Waals surface area contributed by atoms with Gasteiger partial charge < -0.3 is 5.11 Å². The van der Waals surface area contributed by atoms with Crippen LogP contribution in [-0.2, 0) is 4.79 Å². The van der Waals surface area contributed by atoms with Gasteiger partial charge in [-0.1, -0.05) is 6.08 Å². The van der Waals surface area contributed by atoms with Crippen molar-refractivity contribution in [2.45, 2.75) is 12.8 Å². The Kier molecular flexibility index (Phi) is 1.58. The third-order valence-corrected chi connectivity index (χ3v) is 0.398. The molecule has 0 saturated heterocycles. The fourth-order valence-electron chi connectivity index (χ4n) is 0.159. The first-order chi connectivity index (χ1) is 4.00. The van der Waals surface area contributed by atoms with E-state index in [2.05, 4.69) is 6.58 Å². The Balaban J connectivity index is 4.00. The highest BCUT2D eigenvalue weighted by Gasteiger charge is 1.89. The van der Waals surface area contributed by atoms with Gasteiger partial charge in [0.15, 0.2) is 0 Å². The molecular formula is C5H8O2. The van der Waals surface area contributed by atoms with E-state index in [1.807, 2.05) is 0 Å². The minimum Gasteiger partial charge on any atom is -0.481 e. The summed E-state index contributed by atoms with van der Waals surface area (Å²) < 4.78 is 13.6. The molecule has 0 bridgehead atoms. The van der Waals surface area contributed by atoms with Crippen LogP contribution in [0.5, 0.6) is 0 Å². The Bertz CT molecular complexity index is 131. The van der Waals surface area contributed by atoms with Crippen LogP contribution in [0.1, 0.15) is 15.5 Å². The summed E-state index contributed by atoms with van der Waals surface area (Å²) in [6, 6.07) is 0. The normalized spacial score (nSPS) is 14.3. The Labute approximate surface area is 45.3 Å². The van der Waals surface area contributed by atoms with E-state index in [0.717, 1.165) is 0 Å². The number of rotatable bonds is 3. The van der Waals surface area contributed by atoms with E-state index in [0.29, 0.717) is 0 Å². The molecule has 0 atom stereocenters. The van der Waals surface area contributed by atoms with Crippen LogP contribution in [0.2, 0.25) is 0 Å². The molecule has 0 aromatic heterocycles. The first-order valence-corrected chi connectivity index (χ1v) is 1.85. The molecule has 0 aliphatic rings. The number of carboxylic acids is 1. The summed E-state index contributed by atoms with van der Waals surface area (Å²) >= 11 is 0. The third-order valence-electron chi connectivity index (χ3n) is 0.398. The van der Waals surface area contributed by atoms with Crippen LogP contribution in [0, 0.1) is 0 Å². The summed E-state index contributed by atoms with van der Waals surface area (Å²) in [5.41, 5.74) is 0. The molecule has 0 fully saturated rings. The highest BCUT2D eigenvalue weighted by molar-refractivity contribution is 5.66. The molecule has 0 aromatic rings. The molecule has 0 rings (SSSR count). The van der Waals surface area contributed by atoms with Crippen LogP contribution >= 0.6 is 0 Å². The van der Waals surface area contributed by atoms with Crippen molar-refractivity contribution < 1.29 is 12.6 Å². The Morgan fingerprint density at radius 3 is 2.86 bits per heavy atom. The van der Waals surface area contributed by atoms with Crippen molar-refractivity contribution in [3.63, 3.8) is 0 Å². The van der Waals surface area contributed by atoms with Crippen molar-refractivity contribution in [3.8, 4) is 0 Å². The predicted molar refractivity (Wildman–Crippen MR) is 27.1 cm³/mol. The lowest BCUT2D eigenvalue weighted by Crippen LogP contribution is -1.90. The molecule has 0 amide bonds. The van der Waals surface area contributed by atoms with E-state index in [-0.39, 0.29) is 6.42 Å². The molecule has 0 saturated carbocycles. The zero-order chi connectivity index (χ0) is 7.49. The molecular weight excluding hydrogens is 92.1 g/mol. The van der Waals surface area contributed by atoms with E-state index in [4.69, 9.17) is 7.85 Å². The molecule has 0 heterocycles. The van der Waals surface area contributed by atoms with E-state index >= 15 is 0 Å². The summed E-state index contributed by atoms with van der Waals surface area (Å²) in [5.74, 6) is -1.44. The fraction of sp³-hybridized carbons (Fsp3) is 0.400. The molecule has 2 heteroatoms. The maximum atomic E-state index is 9.99. The number of carboxylic acid groups (broad SMARTS) is 1. The van der Waals surface area contributed by atoms with E-state index in [1.165, 1.54) is 6.08 Å². The average molecular weight is 102 g/mol. The second-order valence-corrected chi connectivity index (χ2v) is 0.975. The maximum absolute atomic E-state index is 9.99. The van der Waals surface area contributed by atoms with Crippen LogP contribution in [0.15, 0.2) is 12.7 Å². The molecule has 0 radical (unpaired) electrons. The topological polar surface area (TPSA) is 37.3 Å². The highest BCUT2D eigenvalue weighted by atomic mass is 16.4. The van der Waals surface area contributed by atoms with Crippen LogP contribution in [0.3, 0.4) is 0 Å². The average Bonchev–Trinajstić information content (AvgIpc) is 1.65. The van der Waals surface area contributed by atoms with Crippen molar-refractivity contribution in [1.82, 2.24) is 0 Å². The Hall–Kier alpha value is -0.790. The number of hydrogen-bond acceptors (Lipinski definition) is 1. The second-order valence-electron chi connectivity index (χ2n) is 0.975. The van der Waals surface area contributed by atoms with Gasteiger partial charge in [0.2, 0.25) is 0 Å². The molecule has 0 aromatic carbocycles. The van der Waals surface area contributed by atoms with E-state index in [9.17, 15) is 4.79 Å². The monoisotopic (exact) mass is 102 g/mol. The molecule has 40 valence electrons. The predicted octanol–water partition coefficient (Wildman–Crippen LogP) is 1.04. The molecule has 2 nitrogen and oxygen atoms in total. The smallest absolute Gasteiger partial charge is 0.303 e. The van der Waals surface area contributed by atoms with Gasteiger partial charge in [-0.3, -0.25) is 4.79 Å². The lowest BCUT2D eigenvalue weighted by Gasteiger charge is -1.82. The van der Waals surface area contributed by atoms with Crippen molar-refractivity contribution in [2.75, 3.05) is 0 Å². The summed E-state index contributed by atoms with van der Waals surface area (Å²) in [7, 11) is 0. The SMILES string of the molecule is [2H]C([2H])(CC=C)C(=O)O. The summed E-state index contributed by atoms with van der Waals surface area (Å²) in [4.78, 5) is 9.99. The van der Waals surface area contributed by atoms with Crippen molar-refractivity contribution in [1.29, 1.82) is 0 Å². The van der Waals surface area contributed by atoms with Gasteiger partial charge in [0, 0.05) is 9.11 Å². The van der Waals surface area contributed by atoms with E-state index < -0.39 is 12.3 Å². The molecule has 0 unspecified atom stereocenters. The lowest BCUT2D eigenvalue weighted by molar-refractivity contribution is -0.136. The van der Waals surface area contributed by atoms with Crippen LogP contribution < -0.4 is 0 Å². The Morgan fingerprint density at radius 1 is 2.14 bits per heavy atom. The van der Waals surface area contributed by atoms with Gasteiger partial charge in [-0.15, -0.1) is 6.58 Å². The number of aliphatic carboxylic acids is 1. The maximum Gasteiger partial charge on any atom is 0.303 e. The summed E-state index contributed by atoms with van der Waals surface area (Å²) in [5, 5.41) is 8.15. The standard InChI is InChI=1S/C5H8O2/c1-2-3-4-5(6)7/h2H,1,3-4H2,(H,6,7)/i4D2. The molecule has 0 spiro atoms. The number of hydrogen-bond donors (Lipinski definition) is 1. The van der Waals surface area contributed by atoms with Crippen LogP contribution in [0.25, 0.3) is 0 Å². The fourth-order valence-corrected chi connectivity index (χ4v) is 0.159. The zero-order valence-corrected chi connectivity index (χ0v) is 3.85. The molecule has 0 aliphatic heterocycles. The van der Waals surface area contributed by atoms with Crippen molar-refractivity contribution in [3.05, 3.63) is 12.7 Å². The minimum absolute atomic E-state index is 0.150. The number of allylic oxidation sites excluding steroid dienone is 1. The minimum atomic E-state index is -2.15. The first-order valence-electron chi connectivity index (χ1n) is 2.85. The second kappa shape index (κ2) is 3.40. The van der Waals surface area contributed by atoms with Gasteiger partial charge in [0.1, 0.15) is 0 Å². The Morgan fingerprint density at radius 2 is 2.71 bits per heavy atom. The quantitative estimate of drug-likeness (QED) is 0.540. The van der Waals surface area contributed by atoms with Gasteiger partial charge in [-0.05, 0) is 6.42 Å². The zero-order valence-electron chi connectivity index (χ0n) is 5.85. The largest absolute Gasteiger partial charge is 0.481 e. The highest BCUT2D eigenvalue weighted by Crippen LogP contribution is 1.86. The van der Waals surface area contributed by atoms with Crippen molar-refractivity contribution >= 4 is 5.97 Å². The third kappa shape index (κ3) is 5.21. The molecule has 0 aliphatic carbocycles. The number of carbonyl (C=O) groups is 1. The van der Waals surface area contributed by atoms with Crippen molar-refractivity contribution in [2.24, 2.45) is 0 Å². The summed E-state index contributed by atoms with van der Waals surface area (Å²) in [6.45, 7) is 3.22. The van der Waals surface area contributed by atoms with Gasteiger partial charge in [-0.25, -0.2) is 0 Å².